The maximum atomic E-state index is 5.32. The van der Waals surface area contributed by atoms with Crippen LogP contribution in [0.1, 0.15) is 11.1 Å². The van der Waals surface area contributed by atoms with Crippen molar-refractivity contribution in [3.8, 4) is 22.6 Å². The maximum Gasteiger partial charge on any atom is 0.216 e. The fourth-order valence-corrected chi connectivity index (χ4v) is 2.82. The van der Waals surface area contributed by atoms with E-state index in [0.29, 0.717) is 10.6 Å². The summed E-state index contributed by atoms with van der Waals surface area (Å²) in [6.45, 7) is 2.06. The van der Waals surface area contributed by atoms with Crippen molar-refractivity contribution in [2.75, 3.05) is 0 Å². The van der Waals surface area contributed by atoms with Crippen LogP contribution in [0.15, 0.2) is 65.9 Å². The molecule has 2 N–H and O–H groups in total. The lowest BCUT2D eigenvalue weighted by Crippen LogP contribution is -1.95. The monoisotopic (exact) mass is 360 g/mol. The summed E-state index contributed by atoms with van der Waals surface area (Å²) in [5.41, 5.74) is 4.97. The summed E-state index contributed by atoms with van der Waals surface area (Å²) in [6, 6.07) is 18.0. The highest BCUT2D eigenvalue weighted by Gasteiger charge is 2.09. The summed E-state index contributed by atoms with van der Waals surface area (Å²) in [4.78, 5) is 0. The molecule has 2 aromatic carbocycles. The first-order valence-corrected chi connectivity index (χ1v) is 8.51. The first-order chi connectivity index (χ1) is 12.7. The smallest absolute Gasteiger partial charge is 0.216 e. The van der Waals surface area contributed by atoms with Gasteiger partial charge in [-0.05, 0) is 19.1 Å². The number of nitrogens with zero attached hydrogens (tertiary/aromatic N) is 4. The minimum Gasteiger partial charge on any atom is -0.277 e. The Balaban J connectivity index is 1.71. The molecule has 0 fully saturated rings. The normalized spacial score (nSPS) is 11.3. The minimum absolute atomic E-state index is 0.431. The van der Waals surface area contributed by atoms with Crippen molar-refractivity contribution in [2.24, 2.45) is 5.10 Å². The second-order valence-electron chi connectivity index (χ2n) is 5.84. The van der Waals surface area contributed by atoms with Crippen molar-refractivity contribution in [1.29, 1.82) is 0 Å². The largest absolute Gasteiger partial charge is 0.277 e. The SMILES string of the molecule is Cc1ccc(-c2[nH]ncc2/C=N/n2c(-c3ccccc3)n[nH]c2=S)cc1. The average Bonchev–Trinajstić information content (AvgIpc) is 3.28. The Morgan fingerprint density at radius 2 is 1.77 bits per heavy atom. The molecule has 7 heteroatoms. The molecule has 0 saturated heterocycles. The first kappa shape index (κ1) is 16.2. The highest BCUT2D eigenvalue weighted by atomic mass is 32.1. The van der Waals surface area contributed by atoms with Gasteiger partial charge in [0.15, 0.2) is 5.82 Å². The Hall–Kier alpha value is -3.32. The van der Waals surface area contributed by atoms with Gasteiger partial charge in [0.25, 0.3) is 0 Å². The summed E-state index contributed by atoms with van der Waals surface area (Å²) in [6.07, 6.45) is 3.47. The fraction of sp³-hybridized carbons (Fsp3) is 0.0526. The van der Waals surface area contributed by atoms with Crippen molar-refractivity contribution in [2.45, 2.75) is 6.92 Å². The van der Waals surface area contributed by atoms with Crippen molar-refractivity contribution < 1.29 is 0 Å². The molecule has 0 saturated carbocycles. The van der Waals surface area contributed by atoms with Gasteiger partial charge in [-0.25, -0.2) is 5.10 Å². The third-order valence-electron chi connectivity index (χ3n) is 4.00. The van der Waals surface area contributed by atoms with E-state index in [0.717, 1.165) is 22.4 Å². The molecule has 0 atom stereocenters. The molecule has 0 radical (unpaired) electrons. The van der Waals surface area contributed by atoms with E-state index >= 15 is 0 Å². The van der Waals surface area contributed by atoms with E-state index in [1.165, 1.54) is 5.56 Å². The number of aryl methyl sites for hydroxylation is 1. The first-order valence-electron chi connectivity index (χ1n) is 8.10. The van der Waals surface area contributed by atoms with E-state index in [4.69, 9.17) is 12.2 Å². The van der Waals surface area contributed by atoms with Crippen molar-refractivity contribution in [1.82, 2.24) is 25.1 Å². The molecule has 0 spiro atoms. The van der Waals surface area contributed by atoms with E-state index in [9.17, 15) is 0 Å². The van der Waals surface area contributed by atoms with E-state index in [-0.39, 0.29) is 0 Å². The van der Waals surface area contributed by atoms with E-state index < -0.39 is 0 Å². The van der Waals surface area contributed by atoms with Gasteiger partial charge in [-0.15, -0.1) is 0 Å². The van der Waals surface area contributed by atoms with E-state index in [1.807, 2.05) is 30.3 Å². The number of rotatable bonds is 4. The van der Waals surface area contributed by atoms with Gasteiger partial charge >= 0.3 is 0 Å². The lowest BCUT2D eigenvalue weighted by molar-refractivity contribution is 0.872. The van der Waals surface area contributed by atoms with Gasteiger partial charge in [-0.1, -0.05) is 60.2 Å². The second kappa shape index (κ2) is 6.89. The Labute approximate surface area is 155 Å². The molecule has 0 aliphatic heterocycles. The number of benzene rings is 2. The molecular formula is C19H16N6S. The van der Waals surface area contributed by atoms with Crippen LogP contribution in [0.25, 0.3) is 22.6 Å². The van der Waals surface area contributed by atoms with Gasteiger partial charge < -0.3 is 0 Å². The number of hydrogen-bond acceptors (Lipinski definition) is 4. The third kappa shape index (κ3) is 3.12. The molecular weight excluding hydrogens is 344 g/mol. The quantitative estimate of drug-likeness (QED) is 0.423. The number of hydrogen-bond donors (Lipinski definition) is 2. The number of nitrogens with one attached hydrogen (secondary N) is 2. The molecule has 0 bridgehead atoms. The average molecular weight is 360 g/mol. The molecule has 2 aromatic heterocycles. The predicted molar refractivity (Wildman–Crippen MR) is 105 cm³/mol. The molecule has 6 nitrogen and oxygen atoms in total. The van der Waals surface area contributed by atoms with Gasteiger partial charge in [0.2, 0.25) is 4.77 Å². The molecule has 0 aliphatic carbocycles. The van der Waals surface area contributed by atoms with Crippen molar-refractivity contribution in [3.05, 3.63) is 76.7 Å². The molecule has 4 rings (SSSR count). The van der Waals surface area contributed by atoms with Crippen LogP contribution in [0.4, 0.5) is 0 Å². The molecule has 4 aromatic rings. The number of aromatic nitrogens is 5. The Morgan fingerprint density at radius 1 is 1.00 bits per heavy atom. The number of aromatic amines is 2. The van der Waals surface area contributed by atoms with Gasteiger partial charge in [0.05, 0.1) is 18.1 Å². The maximum absolute atomic E-state index is 5.32. The van der Waals surface area contributed by atoms with Crippen LogP contribution in [-0.2, 0) is 0 Å². The van der Waals surface area contributed by atoms with Gasteiger partial charge in [-0.2, -0.15) is 20.0 Å². The van der Waals surface area contributed by atoms with Crippen LogP contribution in [-0.4, -0.2) is 31.3 Å². The summed E-state index contributed by atoms with van der Waals surface area (Å²) >= 11 is 5.32. The van der Waals surface area contributed by atoms with Crippen molar-refractivity contribution in [3.63, 3.8) is 0 Å². The van der Waals surface area contributed by atoms with E-state index in [1.54, 1.807) is 17.1 Å². The summed E-state index contributed by atoms with van der Waals surface area (Å²) < 4.78 is 2.04. The van der Waals surface area contributed by atoms with Crippen molar-refractivity contribution >= 4 is 18.4 Å². The summed E-state index contributed by atoms with van der Waals surface area (Å²) in [5.74, 6) is 0.659. The molecule has 128 valence electrons. The second-order valence-corrected chi connectivity index (χ2v) is 6.23. The highest BCUT2D eigenvalue weighted by molar-refractivity contribution is 7.71. The van der Waals surface area contributed by atoms with Gasteiger partial charge in [0.1, 0.15) is 0 Å². The standard InChI is InChI=1S/C19H16N6S/c1-13-7-9-14(10-8-13)17-16(11-20-22-17)12-21-25-18(23-24-19(25)26)15-5-3-2-4-6-15/h2-12H,1H3,(H,20,22)(H,24,26)/b21-12+. The Kier molecular flexibility index (Phi) is 4.28. The topological polar surface area (TPSA) is 74.7 Å². The number of H-pyrrole nitrogens is 2. The molecule has 0 aliphatic rings. The molecule has 26 heavy (non-hydrogen) atoms. The van der Waals surface area contributed by atoms with Crippen LogP contribution in [0.2, 0.25) is 0 Å². The zero-order valence-electron chi connectivity index (χ0n) is 14.0. The zero-order chi connectivity index (χ0) is 17.9. The summed E-state index contributed by atoms with van der Waals surface area (Å²) in [7, 11) is 0. The van der Waals surface area contributed by atoms with Crippen LogP contribution < -0.4 is 0 Å². The van der Waals surface area contributed by atoms with Crippen LogP contribution in [0.5, 0.6) is 0 Å². The Morgan fingerprint density at radius 3 is 2.54 bits per heavy atom. The van der Waals surface area contributed by atoms with E-state index in [2.05, 4.69) is 56.7 Å². The minimum atomic E-state index is 0.431. The molecule has 0 unspecified atom stereocenters. The van der Waals surface area contributed by atoms with Gasteiger partial charge in [-0.3, -0.25) is 5.10 Å². The fourth-order valence-electron chi connectivity index (χ4n) is 2.64. The van der Waals surface area contributed by atoms with Crippen LogP contribution >= 0.6 is 12.2 Å². The zero-order valence-corrected chi connectivity index (χ0v) is 14.9. The highest BCUT2D eigenvalue weighted by Crippen LogP contribution is 2.21. The van der Waals surface area contributed by atoms with Crippen LogP contribution in [0.3, 0.4) is 0 Å². The molecule has 2 heterocycles. The molecule has 0 amide bonds. The Bertz CT molecular complexity index is 1100. The third-order valence-corrected chi connectivity index (χ3v) is 4.27. The van der Waals surface area contributed by atoms with Gasteiger partial charge in [0, 0.05) is 16.7 Å². The summed E-state index contributed by atoms with van der Waals surface area (Å²) in [5, 5.41) is 18.8. The predicted octanol–water partition coefficient (Wildman–Crippen LogP) is 4.19. The lowest BCUT2D eigenvalue weighted by atomic mass is 10.1. The van der Waals surface area contributed by atoms with Crippen LogP contribution in [0, 0.1) is 11.7 Å². The lowest BCUT2D eigenvalue weighted by Gasteiger charge is -2.02.